The number of benzene rings is 3. The minimum absolute atomic E-state index is 0.0558. The van der Waals surface area contributed by atoms with E-state index in [0.29, 0.717) is 51.1 Å². The molecule has 0 aliphatic carbocycles. The van der Waals surface area contributed by atoms with E-state index in [-0.39, 0.29) is 46.2 Å². The maximum Gasteiger partial charge on any atom is 0.415 e. The summed E-state index contributed by atoms with van der Waals surface area (Å²) < 4.78 is 29.0. The number of pyridine rings is 1. The fourth-order valence-corrected chi connectivity index (χ4v) is 7.34. The Balaban J connectivity index is 1.24. The van der Waals surface area contributed by atoms with Crippen LogP contribution in [0, 0.1) is 11.1 Å². The van der Waals surface area contributed by atoms with Crippen molar-refractivity contribution >= 4 is 41.0 Å². The van der Waals surface area contributed by atoms with Gasteiger partial charge in [-0.05, 0) is 79.4 Å². The first-order valence-corrected chi connectivity index (χ1v) is 17.5. The lowest BCUT2D eigenvalue weighted by atomic mass is 9.86. The van der Waals surface area contributed by atoms with Gasteiger partial charge in [-0.25, -0.2) is 9.59 Å². The van der Waals surface area contributed by atoms with Crippen LogP contribution in [0.25, 0.3) is 0 Å². The quantitative estimate of drug-likeness (QED) is 0.0943. The molecule has 2 bridgehead atoms. The van der Waals surface area contributed by atoms with Crippen LogP contribution in [0.5, 0.6) is 23.0 Å². The van der Waals surface area contributed by atoms with Gasteiger partial charge < -0.3 is 34.0 Å². The van der Waals surface area contributed by atoms with Gasteiger partial charge in [0, 0.05) is 18.5 Å². The predicted molar refractivity (Wildman–Crippen MR) is 194 cm³/mol. The van der Waals surface area contributed by atoms with Gasteiger partial charge in [0.15, 0.2) is 35.4 Å². The van der Waals surface area contributed by atoms with Gasteiger partial charge in [-0.3, -0.25) is 9.80 Å². The second-order valence-corrected chi connectivity index (χ2v) is 13.5. The van der Waals surface area contributed by atoms with E-state index in [1.165, 1.54) is 44.7 Å². The third-order valence-electron chi connectivity index (χ3n) is 9.54. The Bertz CT molecular complexity index is 1900. The van der Waals surface area contributed by atoms with E-state index in [9.17, 15) is 19.9 Å². The molecule has 3 aromatic carbocycles. The number of carbonyl (C=O) groups is 2. The molecule has 0 saturated carbocycles. The summed E-state index contributed by atoms with van der Waals surface area (Å²) in [7, 11) is 4.43. The fraction of sp³-hybridized carbons (Fsp3) is 0.342. The number of aromatic hydroxyl groups is 1. The number of piperidine rings is 3. The number of esters is 1. The number of phenols is 1. The van der Waals surface area contributed by atoms with Crippen LogP contribution in [0.1, 0.15) is 46.0 Å². The minimum Gasteiger partial charge on any atom is -0.619 e. The number of rotatable bonds is 12. The summed E-state index contributed by atoms with van der Waals surface area (Å²) in [6.45, 7) is 2.75. The number of halogens is 2. The van der Waals surface area contributed by atoms with Crippen molar-refractivity contribution in [1.29, 1.82) is 0 Å². The molecule has 12 nitrogen and oxygen atoms in total. The SMILES string of the molecule is COc1ccc([C@H](Cc2c(Cl)c[n+]([O-])cc2Cl)OC(=O)c2ccc(CN(C(=O)O[C@H]3CN4CCC3CC4)c3cccc(O)c3OC)cc2)cc1OC. The fourth-order valence-electron chi connectivity index (χ4n) is 6.74. The average molecular weight is 753 g/mol. The molecule has 0 radical (unpaired) electrons. The van der Waals surface area contributed by atoms with E-state index in [2.05, 4.69) is 4.90 Å². The Hall–Kier alpha value is -4.91. The second-order valence-electron chi connectivity index (χ2n) is 12.7. The first kappa shape index (κ1) is 36.9. The Morgan fingerprint density at radius 2 is 1.65 bits per heavy atom. The molecule has 0 unspecified atom stereocenters. The number of para-hydroxylation sites is 1. The molecule has 1 aromatic heterocycles. The molecule has 3 aliphatic heterocycles. The number of amides is 1. The van der Waals surface area contributed by atoms with Gasteiger partial charge in [0.2, 0.25) is 0 Å². The molecule has 0 spiro atoms. The first-order chi connectivity index (χ1) is 25.1. The van der Waals surface area contributed by atoms with E-state index in [4.69, 9.17) is 46.9 Å². The number of fused-ring (bicyclic) bond motifs is 3. The molecule has 3 saturated heterocycles. The van der Waals surface area contributed by atoms with Crippen LogP contribution >= 0.6 is 23.2 Å². The van der Waals surface area contributed by atoms with Crippen molar-refractivity contribution in [3.8, 4) is 23.0 Å². The molecule has 52 heavy (non-hydrogen) atoms. The maximum absolute atomic E-state index is 13.8. The summed E-state index contributed by atoms with van der Waals surface area (Å²) in [5.41, 5.74) is 2.26. The molecule has 1 amide bonds. The zero-order valence-electron chi connectivity index (χ0n) is 28.9. The highest BCUT2D eigenvalue weighted by molar-refractivity contribution is 6.35. The van der Waals surface area contributed by atoms with E-state index in [1.54, 1.807) is 54.6 Å². The highest BCUT2D eigenvalue weighted by Crippen LogP contribution is 2.39. The number of carbonyl (C=O) groups excluding carboxylic acids is 2. The van der Waals surface area contributed by atoms with Gasteiger partial charge >= 0.3 is 12.1 Å². The highest BCUT2D eigenvalue weighted by Gasteiger charge is 2.38. The normalized spacial score (nSPS) is 18.3. The largest absolute Gasteiger partial charge is 0.619 e. The molecule has 3 fully saturated rings. The van der Waals surface area contributed by atoms with Crippen LogP contribution in [0.2, 0.25) is 10.0 Å². The van der Waals surface area contributed by atoms with Crippen molar-refractivity contribution in [1.82, 2.24) is 4.90 Å². The highest BCUT2D eigenvalue weighted by atomic mass is 35.5. The number of phenolic OH excluding ortho intramolecular Hbond substituents is 1. The molecule has 274 valence electrons. The van der Waals surface area contributed by atoms with Crippen molar-refractivity contribution in [2.75, 3.05) is 45.9 Å². The molecule has 14 heteroatoms. The van der Waals surface area contributed by atoms with Gasteiger partial charge in [0.25, 0.3) is 0 Å². The van der Waals surface area contributed by atoms with Gasteiger partial charge in [0.1, 0.15) is 22.3 Å². The Morgan fingerprint density at radius 3 is 2.27 bits per heavy atom. The summed E-state index contributed by atoms with van der Waals surface area (Å²) in [6, 6.07) is 16.5. The van der Waals surface area contributed by atoms with E-state index < -0.39 is 18.2 Å². The van der Waals surface area contributed by atoms with E-state index in [1.807, 2.05) is 0 Å². The van der Waals surface area contributed by atoms with Crippen molar-refractivity contribution in [2.24, 2.45) is 5.92 Å². The Kier molecular flexibility index (Phi) is 11.5. The monoisotopic (exact) mass is 751 g/mol. The molecular weight excluding hydrogens is 713 g/mol. The Labute approximate surface area is 311 Å². The third kappa shape index (κ3) is 8.09. The summed E-state index contributed by atoms with van der Waals surface area (Å²) in [4.78, 5) is 31.2. The number of hydrogen-bond acceptors (Lipinski definition) is 10. The van der Waals surface area contributed by atoms with Crippen LogP contribution in [0.4, 0.5) is 10.5 Å². The first-order valence-electron chi connectivity index (χ1n) is 16.7. The number of ether oxygens (including phenoxy) is 5. The lowest BCUT2D eigenvalue weighted by molar-refractivity contribution is -0.605. The van der Waals surface area contributed by atoms with Crippen molar-refractivity contribution in [3.05, 3.63) is 111 Å². The zero-order chi connectivity index (χ0) is 36.9. The molecule has 4 aromatic rings. The number of anilines is 1. The van der Waals surface area contributed by atoms with E-state index >= 15 is 0 Å². The van der Waals surface area contributed by atoms with Crippen molar-refractivity contribution < 1.29 is 43.1 Å². The van der Waals surface area contributed by atoms with Crippen molar-refractivity contribution in [3.63, 3.8) is 0 Å². The maximum atomic E-state index is 13.8. The zero-order valence-corrected chi connectivity index (χ0v) is 30.4. The topological polar surface area (TPSA) is 134 Å². The van der Waals surface area contributed by atoms with Crippen LogP contribution in [-0.4, -0.2) is 69.1 Å². The lowest BCUT2D eigenvalue weighted by Gasteiger charge is -2.44. The summed E-state index contributed by atoms with van der Waals surface area (Å²) in [5, 5.41) is 22.7. The van der Waals surface area contributed by atoms with Gasteiger partial charge in [-0.15, -0.1) is 0 Å². The number of hydrogen-bond donors (Lipinski definition) is 1. The minimum atomic E-state index is -0.889. The molecule has 3 aliphatic rings. The average Bonchev–Trinajstić information content (AvgIpc) is 3.15. The standard InChI is InChI=1S/C38H39Cl2N3O9/c1-48-32-12-11-26(17-34(32)49-2)33(18-27-28(39)20-42(47)21-29(27)40)51-37(45)25-9-7-23(8-10-25)19-43(30-5-4-6-31(44)36(30)50-3)38(46)52-35-22-41-15-13-24(35)14-16-41/h4-12,17,20-21,24,33,35,44H,13-16,18-19,22H2,1-3H3/t33-,35-/m0/s1. The number of methoxy groups -OCH3 is 3. The van der Waals surface area contributed by atoms with Gasteiger partial charge in [-0.2, -0.15) is 4.73 Å². The predicted octanol–water partition coefficient (Wildman–Crippen LogP) is 6.74. The molecule has 1 N–H and O–H groups in total. The van der Waals surface area contributed by atoms with Crippen LogP contribution in [0.3, 0.4) is 0 Å². The third-order valence-corrected chi connectivity index (χ3v) is 10.2. The summed E-state index contributed by atoms with van der Waals surface area (Å²) >= 11 is 12.8. The van der Waals surface area contributed by atoms with Gasteiger partial charge in [0.05, 0.1) is 39.1 Å². The molecule has 2 atom stereocenters. The molecular formula is C38H39Cl2N3O9. The van der Waals surface area contributed by atoms with Gasteiger partial charge in [-0.1, -0.05) is 47.5 Å². The summed E-state index contributed by atoms with van der Waals surface area (Å²) in [6.07, 6.45) is 2.67. The van der Waals surface area contributed by atoms with Crippen LogP contribution < -0.4 is 23.8 Å². The van der Waals surface area contributed by atoms with Crippen LogP contribution in [-0.2, 0) is 22.4 Å². The molecule has 4 heterocycles. The van der Waals surface area contributed by atoms with Crippen molar-refractivity contribution in [2.45, 2.75) is 38.0 Å². The number of aromatic nitrogens is 1. The summed E-state index contributed by atoms with van der Waals surface area (Å²) in [5.74, 6) is 0.591. The Morgan fingerprint density at radius 1 is 0.962 bits per heavy atom. The van der Waals surface area contributed by atoms with Crippen LogP contribution in [0.15, 0.2) is 73.1 Å². The molecule has 7 rings (SSSR count). The van der Waals surface area contributed by atoms with E-state index in [0.717, 1.165) is 25.9 Å². The lowest BCUT2D eigenvalue weighted by Crippen LogP contribution is -2.53. The smallest absolute Gasteiger partial charge is 0.415 e. The second kappa shape index (κ2) is 16.2. The number of nitrogens with zero attached hydrogens (tertiary/aromatic N) is 3.